The van der Waals surface area contributed by atoms with Crippen molar-refractivity contribution in [1.82, 2.24) is 4.98 Å². The predicted molar refractivity (Wildman–Crippen MR) is 117 cm³/mol. The lowest BCUT2D eigenvalue weighted by Gasteiger charge is -2.24. The molecule has 0 N–H and O–H groups in total. The summed E-state index contributed by atoms with van der Waals surface area (Å²) in [5.41, 5.74) is -0.398. The molecule has 2 atom stereocenters. The molecular weight excluding hydrogens is 441 g/mol. The van der Waals surface area contributed by atoms with Crippen LogP contribution < -0.4 is 4.90 Å². The summed E-state index contributed by atoms with van der Waals surface area (Å²) in [5.74, 6) is -0.238. The Balaban J connectivity index is 1.68. The summed E-state index contributed by atoms with van der Waals surface area (Å²) >= 11 is 1.08. The van der Waals surface area contributed by atoms with E-state index in [1.165, 1.54) is 31.2 Å². The van der Waals surface area contributed by atoms with Crippen molar-refractivity contribution in [3.05, 3.63) is 59.1 Å². The van der Waals surface area contributed by atoms with Crippen LogP contribution in [0.25, 0.3) is 6.08 Å². The highest BCUT2D eigenvalue weighted by Gasteiger charge is 2.31. The first-order valence-electron chi connectivity index (χ1n) is 10.1. The van der Waals surface area contributed by atoms with E-state index in [0.717, 1.165) is 41.2 Å². The Labute approximate surface area is 188 Å². The first kappa shape index (κ1) is 23.7. The Hall–Kier alpha value is -2.94. The van der Waals surface area contributed by atoms with Gasteiger partial charge in [-0.05, 0) is 49.0 Å². The molecule has 1 heterocycles. The van der Waals surface area contributed by atoms with Gasteiger partial charge in [0.2, 0.25) is 5.91 Å². The molecular formula is C23H23F3N2O3S. The fourth-order valence-corrected chi connectivity index (χ4v) is 4.19. The van der Waals surface area contributed by atoms with Gasteiger partial charge in [-0.25, -0.2) is 9.78 Å². The minimum Gasteiger partial charge on any atom is -0.462 e. The summed E-state index contributed by atoms with van der Waals surface area (Å²) in [6.45, 7) is 3.71. The van der Waals surface area contributed by atoms with Gasteiger partial charge >= 0.3 is 12.1 Å². The number of rotatable bonds is 6. The number of thiazole rings is 1. The Bertz CT molecular complexity index is 1030. The summed E-state index contributed by atoms with van der Waals surface area (Å²) in [6, 6.07) is 4.48. The van der Waals surface area contributed by atoms with Gasteiger partial charge in [-0.2, -0.15) is 13.2 Å². The van der Waals surface area contributed by atoms with Gasteiger partial charge in [-0.15, -0.1) is 11.3 Å². The highest BCUT2D eigenvalue weighted by Crippen LogP contribution is 2.35. The number of ether oxygens (including phenoxy) is 1. The SMILES string of the molecule is CC(=O)N(c1cccc(C(F)(F)F)c1)c1nc(/C=C/C(=O)OCC2CC=CCC2C)cs1. The van der Waals surface area contributed by atoms with E-state index in [1.807, 2.05) is 0 Å². The van der Waals surface area contributed by atoms with Crippen LogP contribution in [-0.4, -0.2) is 23.5 Å². The van der Waals surface area contributed by atoms with Crippen molar-refractivity contribution in [2.45, 2.75) is 32.9 Å². The summed E-state index contributed by atoms with van der Waals surface area (Å²) in [6.07, 6.45) is 4.26. The molecule has 1 aromatic carbocycles. The molecule has 0 saturated heterocycles. The Morgan fingerprint density at radius 3 is 2.72 bits per heavy atom. The van der Waals surface area contributed by atoms with Crippen molar-refractivity contribution in [2.75, 3.05) is 11.5 Å². The first-order valence-corrected chi connectivity index (χ1v) is 11.0. The maximum atomic E-state index is 13.0. The van der Waals surface area contributed by atoms with Gasteiger partial charge in [0.1, 0.15) is 0 Å². The Morgan fingerprint density at radius 1 is 1.28 bits per heavy atom. The summed E-state index contributed by atoms with van der Waals surface area (Å²) < 4.78 is 44.5. The van der Waals surface area contributed by atoms with Crippen LogP contribution in [0.2, 0.25) is 0 Å². The molecule has 9 heteroatoms. The number of anilines is 2. The van der Waals surface area contributed by atoms with Gasteiger partial charge < -0.3 is 4.74 Å². The van der Waals surface area contributed by atoms with E-state index in [4.69, 9.17) is 4.74 Å². The monoisotopic (exact) mass is 464 g/mol. The van der Waals surface area contributed by atoms with Gasteiger partial charge in [0, 0.05) is 18.4 Å². The molecule has 32 heavy (non-hydrogen) atoms. The topological polar surface area (TPSA) is 59.5 Å². The van der Waals surface area contributed by atoms with E-state index in [1.54, 1.807) is 5.38 Å². The number of hydrogen-bond acceptors (Lipinski definition) is 5. The average Bonchev–Trinajstić information content (AvgIpc) is 3.19. The molecule has 3 rings (SSSR count). The molecule has 0 spiro atoms. The standard InChI is InChI=1S/C23H23F3N2O3S/c1-15-6-3-4-7-17(15)13-31-21(30)11-10-19-14-32-22(27-19)28(16(2)29)20-9-5-8-18(12-20)23(24,25)26/h3-5,8-12,14-15,17H,6-7,13H2,1-2H3/b11-10+. The Kier molecular flexibility index (Phi) is 7.50. The van der Waals surface area contributed by atoms with Crippen LogP contribution in [0.15, 0.2) is 47.9 Å². The van der Waals surface area contributed by atoms with Crippen LogP contribution in [-0.2, 0) is 20.5 Å². The van der Waals surface area contributed by atoms with Gasteiger partial charge in [0.25, 0.3) is 0 Å². The predicted octanol–water partition coefficient (Wildman–Crippen LogP) is 6.01. The van der Waals surface area contributed by atoms with E-state index < -0.39 is 23.6 Å². The van der Waals surface area contributed by atoms with Gasteiger partial charge in [-0.1, -0.05) is 25.1 Å². The van der Waals surface area contributed by atoms with Gasteiger partial charge in [-0.3, -0.25) is 9.69 Å². The number of benzene rings is 1. The van der Waals surface area contributed by atoms with E-state index in [-0.39, 0.29) is 10.8 Å². The molecule has 0 aliphatic heterocycles. The summed E-state index contributed by atoms with van der Waals surface area (Å²) in [5, 5.41) is 1.81. The van der Waals surface area contributed by atoms with Crippen LogP contribution >= 0.6 is 11.3 Å². The maximum Gasteiger partial charge on any atom is 0.416 e. The fraction of sp³-hybridized carbons (Fsp3) is 0.348. The first-order chi connectivity index (χ1) is 15.1. The molecule has 2 unspecified atom stereocenters. The molecule has 0 radical (unpaired) electrons. The Morgan fingerprint density at radius 2 is 2.03 bits per heavy atom. The normalized spacial score (nSPS) is 18.7. The number of amides is 1. The van der Waals surface area contributed by atoms with E-state index in [0.29, 0.717) is 24.1 Å². The summed E-state index contributed by atoms with van der Waals surface area (Å²) in [4.78, 5) is 29.6. The number of alkyl halides is 3. The number of allylic oxidation sites excluding steroid dienone is 2. The number of halogens is 3. The second-order valence-electron chi connectivity index (χ2n) is 7.60. The maximum absolute atomic E-state index is 13.0. The van der Waals surface area contributed by atoms with Crippen molar-refractivity contribution in [2.24, 2.45) is 11.8 Å². The van der Waals surface area contributed by atoms with E-state index in [2.05, 4.69) is 24.1 Å². The van der Waals surface area contributed by atoms with Crippen molar-refractivity contribution in [1.29, 1.82) is 0 Å². The zero-order valence-electron chi connectivity index (χ0n) is 17.6. The van der Waals surface area contributed by atoms with Crippen molar-refractivity contribution in [3.8, 4) is 0 Å². The second-order valence-corrected chi connectivity index (χ2v) is 8.44. The molecule has 0 bridgehead atoms. The van der Waals surface area contributed by atoms with Crippen LogP contribution in [0.5, 0.6) is 0 Å². The fourth-order valence-electron chi connectivity index (χ4n) is 3.33. The zero-order valence-corrected chi connectivity index (χ0v) is 18.4. The van der Waals surface area contributed by atoms with Crippen molar-refractivity contribution < 1.29 is 27.5 Å². The lowest BCUT2D eigenvalue weighted by molar-refractivity contribution is -0.139. The third kappa shape index (κ3) is 6.06. The lowest BCUT2D eigenvalue weighted by atomic mass is 9.85. The molecule has 1 aliphatic rings. The average molecular weight is 465 g/mol. The number of carbonyl (C=O) groups excluding carboxylic acids is 2. The number of nitrogens with zero attached hydrogens (tertiary/aromatic N) is 2. The molecule has 170 valence electrons. The van der Waals surface area contributed by atoms with Gasteiger partial charge in [0.15, 0.2) is 5.13 Å². The number of esters is 1. The minimum absolute atomic E-state index is 0.0623. The minimum atomic E-state index is -4.53. The summed E-state index contributed by atoms with van der Waals surface area (Å²) in [7, 11) is 0. The molecule has 5 nitrogen and oxygen atoms in total. The highest BCUT2D eigenvalue weighted by molar-refractivity contribution is 7.14. The third-order valence-corrected chi connectivity index (χ3v) is 6.04. The smallest absolute Gasteiger partial charge is 0.416 e. The molecule has 1 aliphatic carbocycles. The largest absolute Gasteiger partial charge is 0.462 e. The number of carbonyl (C=O) groups is 2. The van der Waals surface area contributed by atoms with E-state index in [9.17, 15) is 22.8 Å². The van der Waals surface area contributed by atoms with Crippen LogP contribution in [0.3, 0.4) is 0 Å². The van der Waals surface area contributed by atoms with Gasteiger partial charge in [0.05, 0.1) is 23.6 Å². The van der Waals surface area contributed by atoms with Crippen molar-refractivity contribution in [3.63, 3.8) is 0 Å². The lowest BCUT2D eigenvalue weighted by Crippen LogP contribution is -2.23. The quantitative estimate of drug-likeness (QED) is 0.299. The van der Waals surface area contributed by atoms with Crippen LogP contribution in [0, 0.1) is 11.8 Å². The third-order valence-electron chi connectivity index (χ3n) is 5.20. The van der Waals surface area contributed by atoms with Crippen LogP contribution in [0.4, 0.5) is 24.0 Å². The number of hydrogen-bond donors (Lipinski definition) is 0. The van der Waals surface area contributed by atoms with E-state index >= 15 is 0 Å². The molecule has 0 fully saturated rings. The molecule has 1 amide bonds. The molecule has 1 aromatic heterocycles. The molecule has 0 saturated carbocycles. The highest BCUT2D eigenvalue weighted by atomic mass is 32.1. The number of aromatic nitrogens is 1. The molecule has 2 aromatic rings. The van der Waals surface area contributed by atoms with Crippen molar-refractivity contribution >= 4 is 40.1 Å². The van der Waals surface area contributed by atoms with Crippen LogP contribution in [0.1, 0.15) is 37.9 Å². The second kappa shape index (κ2) is 10.1. The zero-order chi connectivity index (χ0) is 23.3.